The second-order valence-corrected chi connectivity index (χ2v) is 6.02. The number of hydrogen-bond acceptors (Lipinski definition) is 3. The Labute approximate surface area is 125 Å². The van der Waals surface area contributed by atoms with E-state index in [4.69, 9.17) is 4.42 Å². The van der Waals surface area contributed by atoms with Crippen molar-refractivity contribution >= 4 is 11.8 Å². The van der Waals surface area contributed by atoms with Crippen LogP contribution in [0.1, 0.15) is 49.9 Å². The highest BCUT2D eigenvalue weighted by Gasteiger charge is 2.33. The number of nitrogens with one attached hydrogen (secondary N) is 1. The normalized spacial score (nSPS) is 14.2. The first-order chi connectivity index (χ1) is 10.1. The minimum atomic E-state index is -0.0405. The third-order valence-corrected chi connectivity index (χ3v) is 3.64. The van der Waals surface area contributed by atoms with Crippen LogP contribution in [0.4, 0.5) is 0 Å². The number of amides is 2. The van der Waals surface area contributed by atoms with Crippen molar-refractivity contribution in [1.29, 1.82) is 0 Å². The first-order valence-electron chi connectivity index (χ1n) is 7.67. The molecule has 1 aromatic rings. The maximum atomic E-state index is 12.3. The Hall–Kier alpha value is -1.78. The third-order valence-electron chi connectivity index (χ3n) is 3.64. The SMILES string of the molecule is CC(C)CCNC(=O)CCN(C(=O)c1ccoc1)C1CC1. The number of carbonyl (C=O) groups excluding carboxylic acids is 2. The van der Waals surface area contributed by atoms with Gasteiger partial charge in [-0.15, -0.1) is 0 Å². The van der Waals surface area contributed by atoms with Gasteiger partial charge in [-0.2, -0.15) is 0 Å². The topological polar surface area (TPSA) is 62.6 Å². The number of furan rings is 1. The molecule has 0 atom stereocenters. The van der Waals surface area contributed by atoms with E-state index in [1.54, 1.807) is 11.0 Å². The number of carbonyl (C=O) groups is 2. The van der Waals surface area contributed by atoms with Crippen molar-refractivity contribution in [2.45, 2.75) is 45.6 Å². The Morgan fingerprint density at radius 2 is 2.19 bits per heavy atom. The molecule has 1 heterocycles. The van der Waals surface area contributed by atoms with Crippen molar-refractivity contribution in [2.75, 3.05) is 13.1 Å². The predicted molar refractivity (Wildman–Crippen MR) is 79.8 cm³/mol. The highest BCUT2D eigenvalue weighted by atomic mass is 16.3. The average molecular weight is 292 g/mol. The number of hydrogen-bond donors (Lipinski definition) is 1. The van der Waals surface area contributed by atoms with E-state index in [0.29, 0.717) is 31.0 Å². The molecule has 0 bridgehead atoms. The molecule has 5 heteroatoms. The van der Waals surface area contributed by atoms with Gasteiger partial charge in [0.2, 0.25) is 5.91 Å². The average Bonchev–Trinajstić information content (AvgIpc) is 3.12. The monoisotopic (exact) mass is 292 g/mol. The molecule has 2 rings (SSSR count). The largest absolute Gasteiger partial charge is 0.472 e. The van der Waals surface area contributed by atoms with Crippen LogP contribution < -0.4 is 5.32 Å². The zero-order valence-electron chi connectivity index (χ0n) is 12.8. The van der Waals surface area contributed by atoms with Gasteiger partial charge in [-0.1, -0.05) is 13.8 Å². The summed E-state index contributed by atoms with van der Waals surface area (Å²) in [4.78, 5) is 25.9. The lowest BCUT2D eigenvalue weighted by Gasteiger charge is -2.21. The van der Waals surface area contributed by atoms with Gasteiger partial charge < -0.3 is 14.6 Å². The minimum Gasteiger partial charge on any atom is -0.472 e. The van der Waals surface area contributed by atoms with Gasteiger partial charge in [0.1, 0.15) is 6.26 Å². The molecule has 21 heavy (non-hydrogen) atoms. The van der Waals surface area contributed by atoms with E-state index in [0.717, 1.165) is 19.3 Å². The molecule has 0 aromatic carbocycles. The van der Waals surface area contributed by atoms with Gasteiger partial charge in [0, 0.05) is 25.6 Å². The highest BCUT2D eigenvalue weighted by Crippen LogP contribution is 2.28. The molecule has 1 saturated carbocycles. The first-order valence-corrected chi connectivity index (χ1v) is 7.67. The molecule has 0 saturated heterocycles. The summed E-state index contributed by atoms with van der Waals surface area (Å²) in [5.74, 6) is 0.554. The molecule has 0 aliphatic heterocycles. The van der Waals surface area contributed by atoms with E-state index in [2.05, 4.69) is 19.2 Å². The van der Waals surface area contributed by atoms with E-state index >= 15 is 0 Å². The van der Waals surface area contributed by atoms with Crippen molar-refractivity contribution in [3.8, 4) is 0 Å². The maximum absolute atomic E-state index is 12.3. The lowest BCUT2D eigenvalue weighted by atomic mass is 10.1. The number of rotatable bonds is 8. The molecular weight excluding hydrogens is 268 g/mol. The fraction of sp³-hybridized carbons (Fsp3) is 0.625. The van der Waals surface area contributed by atoms with E-state index in [9.17, 15) is 9.59 Å². The quantitative estimate of drug-likeness (QED) is 0.800. The molecule has 1 fully saturated rings. The van der Waals surface area contributed by atoms with Gasteiger partial charge in [-0.3, -0.25) is 9.59 Å². The van der Waals surface area contributed by atoms with Crippen molar-refractivity contribution in [2.24, 2.45) is 5.92 Å². The second kappa shape index (κ2) is 7.29. The fourth-order valence-electron chi connectivity index (χ4n) is 2.20. The molecule has 1 aliphatic rings. The number of nitrogens with zero attached hydrogens (tertiary/aromatic N) is 1. The van der Waals surface area contributed by atoms with Gasteiger partial charge in [0.15, 0.2) is 0 Å². The Morgan fingerprint density at radius 1 is 1.43 bits per heavy atom. The van der Waals surface area contributed by atoms with Crippen molar-refractivity contribution in [3.05, 3.63) is 24.2 Å². The van der Waals surface area contributed by atoms with Gasteiger partial charge in [0.25, 0.3) is 5.91 Å². The molecule has 1 aliphatic carbocycles. The van der Waals surface area contributed by atoms with Crippen LogP contribution in [0.3, 0.4) is 0 Å². The molecule has 5 nitrogen and oxygen atoms in total. The fourth-order valence-corrected chi connectivity index (χ4v) is 2.20. The van der Waals surface area contributed by atoms with Crippen LogP contribution >= 0.6 is 0 Å². The van der Waals surface area contributed by atoms with Gasteiger partial charge in [-0.05, 0) is 31.2 Å². The van der Waals surface area contributed by atoms with E-state index in [1.165, 1.54) is 12.5 Å². The summed E-state index contributed by atoms with van der Waals surface area (Å²) in [7, 11) is 0. The second-order valence-electron chi connectivity index (χ2n) is 6.02. The minimum absolute atomic E-state index is 0.0151. The standard InChI is InChI=1S/C16H24N2O3/c1-12(2)5-8-17-15(19)6-9-18(14-3-4-14)16(20)13-7-10-21-11-13/h7,10-12,14H,3-6,8-9H2,1-2H3,(H,17,19). The molecule has 116 valence electrons. The van der Waals surface area contributed by atoms with Crippen LogP contribution in [0.15, 0.2) is 23.0 Å². The summed E-state index contributed by atoms with van der Waals surface area (Å²) in [5.41, 5.74) is 0.558. The Balaban J connectivity index is 1.78. The Bertz CT molecular complexity index is 464. The van der Waals surface area contributed by atoms with E-state index in [-0.39, 0.29) is 17.9 Å². The smallest absolute Gasteiger partial charge is 0.257 e. The van der Waals surface area contributed by atoms with E-state index in [1.807, 2.05) is 0 Å². The third kappa shape index (κ3) is 4.92. The summed E-state index contributed by atoms with van der Waals surface area (Å²) in [6.07, 6.45) is 6.35. The molecule has 0 radical (unpaired) electrons. The molecule has 1 aromatic heterocycles. The summed E-state index contributed by atoms with van der Waals surface area (Å²) in [6.45, 7) is 5.44. The summed E-state index contributed by atoms with van der Waals surface area (Å²) < 4.78 is 4.96. The van der Waals surface area contributed by atoms with Crippen LogP contribution in [0.5, 0.6) is 0 Å². The molecule has 1 N–H and O–H groups in total. The molecule has 2 amide bonds. The van der Waals surface area contributed by atoms with E-state index < -0.39 is 0 Å². The van der Waals surface area contributed by atoms with Crippen LogP contribution in [-0.4, -0.2) is 35.8 Å². The lowest BCUT2D eigenvalue weighted by Crippen LogP contribution is -2.37. The zero-order valence-corrected chi connectivity index (χ0v) is 12.8. The van der Waals surface area contributed by atoms with Crippen molar-refractivity contribution in [3.63, 3.8) is 0 Å². The van der Waals surface area contributed by atoms with Gasteiger partial charge >= 0.3 is 0 Å². The van der Waals surface area contributed by atoms with Gasteiger partial charge in [0.05, 0.1) is 11.8 Å². The van der Waals surface area contributed by atoms with Crippen LogP contribution in [0, 0.1) is 5.92 Å². The predicted octanol–water partition coefficient (Wildman–Crippen LogP) is 2.44. The Kier molecular flexibility index (Phi) is 5.42. The first kappa shape index (κ1) is 15.6. The maximum Gasteiger partial charge on any atom is 0.257 e. The summed E-state index contributed by atoms with van der Waals surface area (Å²) in [6, 6.07) is 1.95. The molecule has 0 unspecified atom stereocenters. The van der Waals surface area contributed by atoms with Gasteiger partial charge in [-0.25, -0.2) is 0 Å². The van der Waals surface area contributed by atoms with Crippen molar-refractivity contribution < 1.29 is 14.0 Å². The zero-order chi connectivity index (χ0) is 15.2. The van der Waals surface area contributed by atoms with Crippen LogP contribution in [0.25, 0.3) is 0 Å². The Morgan fingerprint density at radius 3 is 2.76 bits per heavy atom. The van der Waals surface area contributed by atoms with Crippen LogP contribution in [-0.2, 0) is 4.79 Å². The molecule has 0 spiro atoms. The summed E-state index contributed by atoms with van der Waals surface area (Å²) >= 11 is 0. The lowest BCUT2D eigenvalue weighted by molar-refractivity contribution is -0.121. The highest BCUT2D eigenvalue weighted by molar-refractivity contribution is 5.94. The molecular formula is C16H24N2O3. The van der Waals surface area contributed by atoms with Crippen LogP contribution in [0.2, 0.25) is 0 Å². The summed E-state index contributed by atoms with van der Waals surface area (Å²) in [5, 5.41) is 2.91. The van der Waals surface area contributed by atoms with Crippen molar-refractivity contribution in [1.82, 2.24) is 10.2 Å².